The van der Waals surface area contributed by atoms with Crippen LogP contribution in [0.3, 0.4) is 0 Å². The van der Waals surface area contributed by atoms with Crippen molar-refractivity contribution < 1.29 is 14.6 Å². The van der Waals surface area contributed by atoms with E-state index in [1.54, 1.807) is 13.8 Å². The molecule has 2 rings (SSSR count). The third-order valence-corrected chi connectivity index (χ3v) is 4.01. The highest BCUT2D eigenvalue weighted by Crippen LogP contribution is 2.19. The van der Waals surface area contributed by atoms with Gasteiger partial charge in [-0.15, -0.1) is 0 Å². The summed E-state index contributed by atoms with van der Waals surface area (Å²) in [4.78, 5) is 11.0. The zero-order valence-corrected chi connectivity index (χ0v) is 14.3. The molecule has 128 valence electrons. The second kappa shape index (κ2) is 8.50. The van der Waals surface area contributed by atoms with E-state index < -0.39 is 11.4 Å². The van der Waals surface area contributed by atoms with Gasteiger partial charge in [-0.25, -0.2) is 0 Å². The Morgan fingerprint density at radius 2 is 1.71 bits per heavy atom. The van der Waals surface area contributed by atoms with E-state index in [9.17, 15) is 4.79 Å². The summed E-state index contributed by atoms with van der Waals surface area (Å²) in [6.45, 7) is 5.44. The molecule has 0 heterocycles. The minimum Gasteiger partial charge on any atom is -0.489 e. The minimum atomic E-state index is -0.760. The van der Waals surface area contributed by atoms with Gasteiger partial charge in [0.05, 0.1) is 5.41 Å². The molecule has 0 fully saturated rings. The molecular formula is C20H25NO3. The van der Waals surface area contributed by atoms with Crippen molar-refractivity contribution in [1.82, 2.24) is 5.32 Å². The highest BCUT2D eigenvalue weighted by Gasteiger charge is 2.25. The summed E-state index contributed by atoms with van der Waals surface area (Å²) in [5.74, 6) is 0.0823. The molecule has 0 aliphatic rings. The number of nitrogens with one attached hydrogen (secondary N) is 1. The topological polar surface area (TPSA) is 58.6 Å². The van der Waals surface area contributed by atoms with Crippen molar-refractivity contribution in [2.45, 2.75) is 33.4 Å². The van der Waals surface area contributed by atoms with Crippen LogP contribution in [0.4, 0.5) is 0 Å². The molecule has 0 bridgehead atoms. The Bertz CT molecular complexity index is 636. The summed E-state index contributed by atoms with van der Waals surface area (Å²) in [6.07, 6.45) is 0.598. The molecule has 0 saturated carbocycles. The smallest absolute Gasteiger partial charge is 0.309 e. The predicted molar refractivity (Wildman–Crippen MR) is 95.0 cm³/mol. The van der Waals surface area contributed by atoms with E-state index in [0.717, 1.165) is 16.9 Å². The molecule has 4 heteroatoms. The summed E-state index contributed by atoms with van der Waals surface area (Å²) in [7, 11) is 0. The molecule has 2 aromatic carbocycles. The van der Waals surface area contributed by atoms with Gasteiger partial charge in [-0.2, -0.15) is 0 Å². The Labute approximate surface area is 143 Å². The zero-order chi connectivity index (χ0) is 17.4. The maximum absolute atomic E-state index is 11.0. The van der Waals surface area contributed by atoms with E-state index in [1.807, 2.05) is 54.6 Å². The number of rotatable bonds is 9. The van der Waals surface area contributed by atoms with Crippen LogP contribution < -0.4 is 10.1 Å². The van der Waals surface area contributed by atoms with Crippen molar-refractivity contribution in [3.63, 3.8) is 0 Å². The van der Waals surface area contributed by atoms with Crippen LogP contribution >= 0.6 is 0 Å². The number of benzene rings is 2. The average molecular weight is 327 g/mol. The van der Waals surface area contributed by atoms with Gasteiger partial charge < -0.3 is 15.2 Å². The molecule has 0 aromatic heterocycles. The normalized spacial score (nSPS) is 11.2. The lowest BCUT2D eigenvalue weighted by molar-refractivity contribution is -0.147. The number of carboxylic acid groups (broad SMARTS) is 1. The second-order valence-corrected chi connectivity index (χ2v) is 6.53. The van der Waals surface area contributed by atoms with E-state index in [0.29, 0.717) is 26.1 Å². The van der Waals surface area contributed by atoms with Crippen molar-refractivity contribution in [1.29, 1.82) is 0 Å². The van der Waals surface area contributed by atoms with Gasteiger partial charge in [0.15, 0.2) is 0 Å². The van der Waals surface area contributed by atoms with Crippen LogP contribution in [0.2, 0.25) is 0 Å². The lowest BCUT2D eigenvalue weighted by atomic mass is 9.90. The summed E-state index contributed by atoms with van der Waals surface area (Å²) >= 11 is 0. The number of carbonyl (C=O) groups is 1. The number of hydrogen-bond acceptors (Lipinski definition) is 3. The van der Waals surface area contributed by atoms with E-state index in [2.05, 4.69) is 5.32 Å². The van der Waals surface area contributed by atoms with E-state index >= 15 is 0 Å². The van der Waals surface area contributed by atoms with Crippen LogP contribution in [0.5, 0.6) is 5.75 Å². The summed E-state index contributed by atoms with van der Waals surface area (Å²) in [6, 6.07) is 18.0. The number of ether oxygens (including phenoxy) is 1. The Morgan fingerprint density at radius 1 is 1.04 bits per heavy atom. The Morgan fingerprint density at radius 3 is 2.33 bits per heavy atom. The average Bonchev–Trinajstić information content (AvgIpc) is 2.59. The molecule has 0 atom stereocenters. The molecule has 2 aromatic rings. The van der Waals surface area contributed by atoms with Gasteiger partial charge in [-0.1, -0.05) is 42.5 Å². The highest BCUT2D eigenvalue weighted by molar-refractivity contribution is 5.73. The third kappa shape index (κ3) is 5.70. The first-order valence-corrected chi connectivity index (χ1v) is 8.17. The summed E-state index contributed by atoms with van der Waals surface area (Å²) in [5, 5.41) is 12.4. The monoisotopic (exact) mass is 327 g/mol. The SMILES string of the molecule is CC(C)(CCNCc1ccc(OCc2ccccc2)cc1)C(=O)O. The maximum Gasteiger partial charge on any atom is 0.309 e. The van der Waals surface area contributed by atoms with Crippen LogP contribution in [0.1, 0.15) is 31.4 Å². The number of carboxylic acids is 1. The first-order valence-electron chi connectivity index (χ1n) is 8.17. The van der Waals surface area contributed by atoms with Crippen LogP contribution in [-0.4, -0.2) is 17.6 Å². The Balaban J connectivity index is 1.73. The number of aliphatic carboxylic acids is 1. The van der Waals surface area contributed by atoms with Crippen molar-refractivity contribution in [2.75, 3.05) is 6.54 Å². The second-order valence-electron chi connectivity index (χ2n) is 6.53. The molecule has 0 amide bonds. The fourth-order valence-corrected chi connectivity index (χ4v) is 2.18. The highest BCUT2D eigenvalue weighted by atomic mass is 16.5. The van der Waals surface area contributed by atoms with Crippen molar-refractivity contribution in [3.8, 4) is 5.75 Å². The van der Waals surface area contributed by atoms with Crippen molar-refractivity contribution in [3.05, 3.63) is 65.7 Å². The third-order valence-electron chi connectivity index (χ3n) is 4.01. The molecule has 0 spiro atoms. The molecule has 2 N–H and O–H groups in total. The van der Waals surface area contributed by atoms with Crippen molar-refractivity contribution >= 4 is 5.97 Å². The molecule has 0 aliphatic heterocycles. The standard InChI is InChI=1S/C20H25NO3/c1-20(2,19(22)23)12-13-21-14-16-8-10-18(11-9-16)24-15-17-6-4-3-5-7-17/h3-11,21H,12-15H2,1-2H3,(H,22,23). The molecular weight excluding hydrogens is 302 g/mol. The first kappa shape index (κ1) is 18.0. The zero-order valence-electron chi connectivity index (χ0n) is 14.3. The van der Waals surface area contributed by atoms with Gasteiger partial charge in [-0.05, 0) is 50.1 Å². The minimum absolute atomic E-state index is 0.558. The van der Waals surface area contributed by atoms with Crippen LogP contribution in [-0.2, 0) is 17.9 Å². The van der Waals surface area contributed by atoms with Crippen LogP contribution in [0, 0.1) is 5.41 Å². The van der Waals surface area contributed by atoms with Crippen molar-refractivity contribution in [2.24, 2.45) is 5.41 Å². The fraction of sp³-hybridized carbons (Fsp3) is 0.350. The molecule has 0 saturated heterocycles. The summed E-state index contributed by atoms with van der Waals surface area (Å²) in [5.41, 5.74) is 1.60. The molecule has 0 unspecified atom stereocenters. The number of hydrogen-bond donors (Lipinski definition) is 2. The van der Waals surface area contributed by atoms with Gasteiger partial charge in [-0.3, -0.25) is 4.79 Å². The molecule has 0 radical (unpaired) electrons. The maximum atomic E-state index is 11.0. The van der Waals surface area contributed by atoms with Gasteiger partial charge in [0.2, 0.25) is 0 Å². The van der Waals surface area contributed by atoms with Crippen LogP contribution in [0.15, 0.2) is 54.6 Å². The van der Waals surface area contributed by atoms with Crippen LogP contribution in [0.25, 0.3) is 0 Å². The van der Waals surface area contributed by atoms with Gasteiger partial charge >= 0.3 is 5.97 Å². The molecule has 4 nitrogen and oxygen atoms in total. The molecule has 24 heavy (non-hydrogen) atoms. The van der Waals surface area contributed by atoms with E-state index in [1.165, 1.54) is 0 Å². The lowest BCUT2D eigenvalue weighted by Gasteiger charge is -2.19. The fourth-order valence-electron chi connectivity index (χ4n) is 2.18. The summed E-state index contributed by atoms with van der Waals surface area (Å²) < 4.78 is 5.76. The Hall–Kier alpha value is -2.33. The van der Waals surface area contributed by atoms with E-state index in [4.69, 9.17) is 9.84 Å². The van der Waals surface area contributed by atoms with Gasteiger partial charge in [0.1, 0.15) is 12.4 Å². The van der Waals surface area contributed by atoms with Gasteiger partial charge in [0.25, 0.3) is 0 Å². The van der Waals surface area contributed by atoms with Gasteiger partial charge in [0, 0.05) is 6.54 Å². The predicted octanol–water partition coefficient (Wildman–Crippen LogP) is 3.86. The first-order chi connectivity index (χ1) is 11.5. The molecule has 0 aliphatic carbocycles. The lowest BCUT2D eigenvalue weighted by Crippen LogP contribution is -2.28. The quantitative estimate of drug-likeness (QED) is 0.687. The Kier molecular flexibility index (Phi) is 6.38. The largest absolute Gasteiger partial charge is 0.489 e. The van der Waals surface area contributed by atoms with E-state index in [-0.39, 0.29) is 0 Å².